The molecule has 0 aromatic rings. The Morgan fingerprint density at radius 2 is 1.79 bits per heavy atom. The van der Waals surface area contributed by atoms with E-state index in [4.69, 9.17) is 9.47 Å². The molecule has 0 saturated carbocycles. The maximum atomic E-state index is 12.3. The van der Waals surface area contributed by atoms with Crippen molar-refractivity contribution in [3.8, 4) is 0 Å². The smallest absolute Gasteiger partial charge is 0.408 e. The van der Waals surface area contributed by atoms with Gasteiger partial charge in [0.1, 0.15) is 11.6 Å². The lowest BCUT2D eigenvalue weighted by Crippen LogP contribution is -2.58. The fourth-order valence-electron chi connectivity index (χ4n) is 2.54. The van der Waals surface area contributed by atoms with Crippen LogP contribution in [-0.2, 0) is 14.3 Å². The van der Waals surface area contributed by atoms with Crippen molar-refractivity contribution in [3.63, 3.8) is 0 Å². The molecule has 2 amide bonds. The van der Waals surface area contributed by atoms with Crippen LogP contribution in [0, 0.1) is 0 Å². The molecule has 1 rings (SSSR count). The van der Waals surface area contributed by atoms with E-state index in [1.807, 2.05) is 0 Å². The lowest BCUT2D eigenvalue weighted by atomic mass is 9.95. The van der Waals surface area contributed by atoms with Crippen LogP contribution < -0.4 is 10.6 Å². The maximum absolute atomic E-state index is 12.3. The molecule has 1 heterocycles. The number of amides is 2. The van der Waals surface area contributed by atoms with Gasteiger partial charge in [0.05, 0.1) is 13.2 Å². The van der Waals surface area contributed by atoms with Crippen molar-refractivity contribution < 1.29 is 19.1 Å². The van der Waals surface area contributed by atoms with Gasteiger partial charge in [-0.25, -0.2) is 4.79 Å². The molecule has 2 N–H and O–H groups in total. The Bertz CT molecular complexity index is 430. The highest BCUT2D eigenvalue weighted by Gasteiger charge is 2.32. The van der Waals surface area contributed by atoms with Gasteiger partial charge in [-0.15, -0.1) is 0 Å². The highest BCUT2D eigenvalue weighted by atomic mass is 16.6. The third kappa shape index (κ3) is 6.65. The van der Waals surface area contributed by atoms with Gasteiger partial charge in [0, 0.05) is 25.2 Å². The van der Waals surface area contributed by atoms with E-state index in [-0.39, 0.29) is 11.4 Å². The number of carbonyl (C=O) groups is 2. The molecule has 1 fully saturated rings. The van der Waals surface area contributed by atoms with Gasteiger partial charge in [0.15, 0.2) is 0 Å². The largest absolute Gasteiger partial charge is 0.444 e. The fourth-order valence-corrected chi connectivity index (χ4v) is 2.54. The van der Waals surface area contributed by atoms with E-state index in [2.05, 4.69) is 29.4 Å². The molecule has 140 valence electrons. The van der Waals surface area contributed by atoms with Gasteiger partial charge in [0.2, 0.25) is 5.91 Å². The van der Waals surface area contributed by atoms with Crippen molar-refractivity contribution in [2.45, 2.75) is 65.1 Å². The van der Waals surface area contributed by atoms with E-state index in [9.17, 15) is 9.59 Å². The zero-order chi connectivity index (χ0) is 18.4. The molecule has 1 aliphatic rings. The third-order valence-electron chi connectivity index (χ3n) is 4.31. The first kappa shape index (κ1) is 20.7. The second-order valence-corrected chi connectivity index (χ2v) is 7.54. The molecule has 2 atom stereocenters. The lowest BCUT2D eigenvalue weighted by Gasteiger charge is -2.43. The van der Waals surface area contributed by atoms with Crippen LogP contribution in [0.5, 0.6) is 0 Å². The quantitative estimate of drug-likeness (QED) is 0.764. The van der Waals surface area contributed by atoms with E-state index in [0.717, 1.165) is 32.7 Å². The van der Waals surface area contributed by atoms with Gasteiger partial charge in [-0.2, -0.15) is 0 Å². The van der Waals surface area contributed by atoms with Crippen LogP contribution in [0.1, 0.15) is 48.0 Å². The first-order valence-electron chi connectivity index (χ1n) is 8.67. The summed E-state index contributed by atoms with van der Waals surface area (Å²) in [6, 6.07) is -0.648. The van der Waals surface area contributed by atoms with Gasteiger partial charge < -0.3 is 20.1 Å². The van der Waals surface area contributed by atoms with Crippen molar-refractivity contribution in [1.29, 1.82) is 0 Å². The van der Waals surface area contributed by atoms with Gasteiger partial charge in [-0.1, -0.05) is 6.92 Å². The Hall–Kier alpha value is -1.34. The molecule has 7 nitrogen and oxygen atoms in total. The summed E-state index contributed by atoms with van der Waals surface area (Å²) < 4.78 is 10.6. The zero-order valence-electron chi connectivity index (χ0n) is 15.9. The van der Waals surface area contributed by atoms with E-state index >= 15 is 0 Å². The Morgan fingerprint density at radius 1 is 1.21 bits per heavy atom. The van der Waals surface area contributed by atoms with E-state index in [1.54, 1.807) is 27.7 Å². The SMILES string of the molecule is CC[C@@](C)(CNC(=O)[C@@H](C)NC(=O)OC(C)(C)C)N1CCOCC1. The molecular formula is C17H33N3O4. The molecule has 0 radical (unpaired) electrons. The van der Waals surface area contributed by atoms with Crippen molar-refractivity contribution in [1.82, 2.24) is 15.5 Å². The number of carbonyl (C=O) groups excluding carboxylic acids is 2. The van der Waals surface area contributed by atoms with Crippen LogP contribution in [0.2, 0.25) is 0 Å². The minimum Gasteiger partial charge on any atom is -0.444 e. The van der Waals surface area contributed by atoms with Crippen LogP contribution in [0.3, 0.4) is 0 Å². The zero-order valence-corrected chi connectivity index (χ0v) is 15.9. The van der Waals surface area contributed by atoms with Gasteiger partial charge >= 0.3 is 6.09 Å². The highest BCUT2D eigenvalue weighted by Crippen LogP contribution is 2.20. The number of ether oxygens (including phenoxy) is 2. The molecule has 7 heteroatoms. The molecule has 0 aliphatic carbocycles. The van der Waals surface area contributed by atoms with Gasteiger partial charge in [-0.05, 0) is 41.0 Å². The molecule has 1 aliphatic heterocycles. The lowest BCUT2D eigenvalue weighted by molar-refractivity contribution is -0.123. The average Bonchev–Trinajstić information content (AvgIpc) is 2.51. The standard InChI is InChI=1S/C17H33N3O4/c1-7-17(6,20-8-10-23-11-9-20)12-18-14(21)13(2)19-15(22)24-16(3,4)5/h13H,7-12H2,1-6H3,(H,18,21)(H,19,22)/t13-,17+/m1/s1. The average molecular weight is 343 g/mol. The number of alkyl carbamates (subject to hydrolysis) is 1. The van der Waals surface area contributed by atoms with E-state index in [0.29, 0.717) is 6.54 Å². The minimum absolute atomic E-state index is 0.120. The molecule has 1 saturated heterocycles. The molecule has 0 bridgehead atoms. The van der Waals surface area contributed by atoms with Crippen molar-refractivity contribution in [3.05, 3.63) is 0 Å². The van der Waals surface area contributed by atoms with Crippen molar-refractivity contribution >= 4 is 12.0 Å². The van der Waals surface area contributed by atoms with Crippen molar-refractivity contribution in [2.24, 2.45) is 0 Å². The van der Waals surface area contributed by atoms with Crippen LogP contribution in [0.25, 0.3) is 0 Å². The predicted molar refractivity (Wildman–Crippen MR) is 92.9 cm³/mol. The van der Waals surface area contributed by atoms with Crippen LogP contribution >= 0.6 is 0 Å². The highest BCUT2D eigenvalue weighted by molar-refractivity contribution is 5.85. The first-order chi connectivity index (χ1) is 11.1. The van der Waals surface area contributed by atoms with E-state index in [1.165, 1.54) is 0 Å². The van der Waals surface area contributed by atoms with E-state index < -0.39 is 17.7 Å². The molecular weight excluding hydrogens is 310 g/mol. The van der Waals surface area contributed by atoms with Crippen molar-refractivity contribution in [2.75, 3.05) is 32.8 Å². The topological polar surface area (TPSA) is 79.9 Å². The summed E-state index contributed by atoms with van der Waals surface area (Å²) in [7, 11) is 0. The summed E-state index contributed by atoms with van der Waals surface area (Å²) in [5.74, 6) is -0.214. The molecule has 0 aromatic carbocycles. The van der Waals surface area contributed by atoms with Crippen LogP contribution in [-0.4, -0.2) is 66.9 Å². The van der Waals surface area contributed by atoms with Crippen LogP contribution in [0.15, 0.2) is 0 Å². The molecule has 0 aromatic heterocycles. The Labute approximate surface area is 145 Å². The van der Waals surface area contributed by atoms with Crippen LogP contribution in [0.4, 0.5) is 4.79 Å². The Morgan fingerprint density at radius 3 is 2.29 bits per heavy atom. The number of hydrogen-bond acceptors (Lipinski definition) is 5. The third-order valence-corrected chi connectivity index (χ3v) is 4.31. The number of nitrogens with one attached hydrogen (secondary N) is 2. The maximum Gasteiger partial charge on any atom is 0.408 e. The Kier molecular flexibility index (Phi) is 7.48. The second-order valence-electron chi connectivity index (χ2n) is 7.54. The van der Waals surface area contributed by atoms with Gasteiger partial charge in [0.25, 0.3) is 0 Å². The number of hydrogen-bond donors (Lipinski definition) is 2. The molecule has 0 unspecified atom stereocenters. The minimum atomic E-state index is -0.648. The molecule has 0 spiro atoms. The summed E-state index contributed by atoms with van der Waals surface area (Å²) in [6.07, 6.45) is 0.331. The Balaban J connectivity index is 2.49. The predicted octanol–water partition coefficient (Wildman–Crippen LogP) is 1.52. The van der Waals surface area contributed by atoms with Gasteiger partial charge in [-0.3, -0.25) is 9.69 Å². The summed E-state index contributed by atoms with van der Waals surface area (Å²) in [5.41, 5.74) is -0.706. The monoisotopic (exact) mass is 343 g/mol. The first-order valence-corrected chi connectivity index (χ1v) is 8.67. The summed E-state index contributed by atoms with van der Waals surface area (Å²) in [4.78, 5) is 26.4. The summed E-state index contributed by atoms with van der Waals surface area (Å²) in [6.45, 7) is 15.0. The summed E-state index contributed by atoms with van der Waals surface area (Å²) >= 11 is 0. The fraction of sp³-hybridized carbons (Fsp3) is 0.882. The summed E-state index contributed by atoms with van der Waals surface area (Å²) in [5, 5.41) is 5.51. The second kappa shape index (κ2) is 8.67. The number of rotatable bonds is 6. The number of nitrogens with zero attached hydrogens (tertiary/aromatic N) is 1. The number of morpholine rings is 1. The molecule has 24 heavy (non-hydrogen) atoms. The normalized spacial score (nSPS) is 19.9.